The average molecular weight is 548 g/mol. The van der Waals surface area contributed by atoms with Crippen LogP contribution in [0.1, 0.15) is 12.8 Å². The highest BCUT2D eigenvalue weighted by Crippen LogP contribution is 2.34. The summed E-state index contributed by atoms with van der Waals surface area (Å²) in [7, 11) is 1.65. The van der Waals surface area contributed by atoms with Crippen molar-refractivity contribution in [2.45, 2.75) is 19.4 Å². The molecule has 0 aliphatic rings. The summed E-state index contributed by atoms with van der Waals surface area (Å²) in [5.74, 6) is 1.57. The SMILES string of the molecule is COc1ccc2nc3cc(Cl)ccc3c(NCCCNC(N)=NCCCn3cnc4c(N)nc(N)nc43)c2c1. The Bertz CT molecular complexity index is 1670. The number of guanidine groups is 1. The highest BCUT2D eigenvalue weighted by Gasteiger charge is 2.11. The maximum Gasteiger partial charge on any atom is 0.224 e. The molecule has 5 aromatic rings. The smallest absolute Gasteiger partial charge is 0.224 e. The third kappa shape index (κ3) is 5.80. The van der Waals surface area contributed by atoms with Crippen LogP contribution in [-0.2, 0) is 6.54 Å². The molecule has 0 bridgehead atoms. The number of nitrogen functional groups attached to an aromatic ring is 2. The third-order valence-electron chi connectivity index (χ3n) is 6.25. The van der Waals surface area contributed by atoms with E-state index in [4.69, 9.17) is 38.5 Å². The van der Waals surface area contributed by atoms with Crippen LogP contribution in [0.4, 0.5) is 17.5 Å². The number of nitrogens with zero attached hydrogens (tertiary/aromatic N) is 6. The third-order valence-corrected chi connectivity index (χ3v) is 6.49. The second kappa shape index (κ2) is 11.4. The summed E-state index contributed by atoms with van der Waals surface area (Å²) in [6.07, 6.45) is 3.24. The lowest BCUT2D eigenvalue weighted by atomic mass is 10.1. The van der Waals surface area contributed by atoms with Crippen molar-refractivity contribution in [3.8, 4) is 5.75 Å². The molecule has 202 valence electrons. The Balaban J connectivity index is 1.14. The standard InChI is InChI=1S/C26H30ClN11O/c1-39-16-5-7-19-18(13-16)21(17-6-4-15(27)12-20(17)35-19)31-8-2-9-32-25(29)33-10-3-11-38-14-34-22-23(28)36-26(30)37-24(22)38/h4-7,12-14H,2-3,8-11H2,1H3,(H,31,35)(H3,29,32,33)(H4,28,30,36,37). The van der Waals surface area contributed by atoms with E-state index in [2.05, 4.69) is 30.6 Å². The molecule has 0 fully saturated rings. The van der Waals surface area contributed by atoms with Gasteiger partial charge in [0.25, 0.3) is 0 Å². The van der Waals surface area contributed by atoms with E-state index in [-0.39, 0.29) is 11.8 Å². The van der Waals surface area contributed by atoms with Gasteiger partial charge in [0, 0.05) is 42.0 Å². The molecule has 0 aliphatic heterocycles. The van der Waals surface area contributed by atoms with Gasteiger partial charge in [-0.25, -0.2) is 9.97 Å². The molecular formula is C26H30ClN11O. The number of halogens is 1. The highest BCUT2D eigenvalue weighted by molar-refractivity contribution is 6.31. The summed E-state index contributed by atoms with van der Waals surface area (Å²) in [5.41, 5.74) is 21.5. The van der Waals surface area contributed by atoms with Crippen LogP contribution in [0.25, 0.3) is 33.0 Å². The molecule has 13 heteroatoms. The number of hydrogen-bond acceptors (Lipinski definition) is 9. The Kier molecular flexibility index (Phi) is 7.64. The van der Waals surface area contributed by atoms with Gasteiger partial charge in [-0.05, 0) is 49.2 Å². The van der Waals surface area contributed by atoms with Gasteiger partial charge >= 0.3 is 0 Å². The summed E-state index contributed by atoms with van der Waals surface area (Å²) in [6.45, 7) is 2.58. The van der Waals surface area contributed by atoms with Crippen molar-refractivity contribution in [2.75, 3.05) is 43.5 Å². The van der Waals surface area contributed by atoms with Crippen molar-refractivity contribution in [2.24, 2.45) is 10.7 Å². The number of benzene rings is 2. The zero-order valence-corrected chi connectivity index (χ0v) is 22.2. The zero-order chi connectivity index (χ0) is 27.4. The molecule has 0 aliphatic carbocycles. The molecule has 8 N–H and O–H groups in total. The van der Waals surface area contributed by atoms with Crippen LogP contribution < -0.4 is 32.6 Å². The number of ether oxygens (including phenoxy) is 1. The van der Waals surface area contributed by atoms with Gasteiger partial charge in [0.05, 0.1) is 30.2 Å². The molecule has 0 amide bonds. The first-order chi connectivity index (χ1) is 18.9. The van der Waals surface area contributed by atoms with Crippen LogP contribution in [0.2, 0.25) is 5.02 Å². The van der Waals surface area contributed by atoms with Crippen LogP contribution >= 0.6 is 11.6 Å². The van der Waals surface area contributed by atoms with E-state index in [0.29, 0.717) is 41.8 Å². The van der Waals surface area contributed by atoms with Crippen molar-refractivity contribution in [1.29, 1.82) is 0 Å². The monoisotopic (exact) mass is 547 g/mol. The van der Waals surface area contributed by atoms with Gasteiger partial charge in [-0.15, -0.1) is 0 Å². The minimum atomic E-state index is 0.122. The molecule has 0 spiro atoms. The minimum absolute atomic E-state index is 0.122. The summed E-state index contributed by atoms with van der Waals surface area (Å²) in [4.78, 5) is 21.6. The first kappa shape index (κ1) is 26.0. The van der Waals surface area contributed by atoms with E-state index in [1.165, 1.54) is 0 Å². The fraction of sp³-hybridized carbons (Fsp3) is 0.269. The van der Waals surface area contributed by atoms with Crippen molar-refractivity contribution in [3.05, 3.63) is 47.7 Å². The van der Waals surface area contributed by atoms with Crippen molar-refractivity contribution < 1.29 is 4.74 Å². The van der Waals surface area contributed by atoms with Crippen LogP contribution in [-0.4, -0.2) is 57.2 Å². The lowest BCUT2D eigenvalue weighted by molar-refractivity contribution is 0.415. The molecule has 3 heterocycles. The molecule has 2 aromatic carbocycles. The van der Waals surface area contributed by atoms with Crippen molar-refractivity contribution in [1.82, 2.24) is 29.8 Å². The summed E-state index contributed by atoms with van der Waals surface area (Å²) < 4.78 is 7.31. The van der Waals surface area contributed by atoms with Gasteiger partial charge in [-0.2, -0.15) is 9.97 Å². The zero-order valence-electron chi connectivity index (χ0n) is 21.5. The lowest BCUT2D eigenvalue weighted by Gasteiger charge is -2.14. The fourth-order valence-corrected chi connectivity index (χ4v) is 4.54. The molecule has 0 unspecified atom stereocenters. The van der Waals surface area contributed by atoms with Gasteiger partial charge in [0.15, 0.2) is 17.4 Å². The van der Waals surface area contributed by atoms with E-state index in [1.807, 2.05) is 41.0 Å². The average Bonchev–Trinajstić information content (AvgIpc) is 3.33. The minimum Gasteiger partial charge on any atom is -0.497 e. The molecular weight excluding hydrogens is 518 g/mol. The molecule has 12 nitrogen and oxygen atoms in total. The van der Waals surface area contributed by atoms with Crippen LogP contribution in [0, 0.1) is 0 Å². The molecule has 39 heavy (non-hydrogen) atoms. The second-order valence-electron chi connectivity index (χ2n) is 8.94. The predicted octanol–water partition coefficient (Wildman–Crippen LogP) is 3.15. The van der Waals surface area contributed by atoms with Gasteiger partial charge in [-0.3, -0.25) is 4.99 Å². The van der Waals surface area contributed by atoms with E-state index >= 15 is 0 Å². The first-order valence-electron chi connectivity index (χ1n) is 12.5. The number of hydrogen-bond donors (Lipinski definition) is 5. The first-order valence-corrected chi connectivity index (χ1v) is 12.9. The van der Waals surface area contributed by atoms with Gasteiger partial charge in [-0.1, -0.05) is 11.6 Å². The van der Waals surface area contributed by atoms with Gasteiger partial charge < -0.3 is 37.1 Å². The number of nitrogens with one attached hydrogen (secondary N) is 2. The number of pyridine rings is 1. The summed E-state index contributed by atoms with van der Waals surface area (Å²) in [5, 5.41) is 9.37. The molecule has 0 saturated heterocycles. The van der Waals surface area contributed by atoms with E-state index < -0.39 is 0 Å². The molecule has 0 saturated carbocycles. The van der Waals surface area contributed by atoms with Crippen LogP contribution in [0.5, 0.6) is 5.75 Å². The largest absolute Gasteiger partial charge is 0.497 e. The number of aromatic nitrogens is 5. The van der Waals surface area contributed by atoms with E-state index in [9.17, 15) is 0 Å². The van der Waals surface area contributed by atoms with Crippen LogP contribution in [0.3, 0.4) is 0 Å². The molecule has 0 atom stereocenters. The number of aliphatic imine (C=N–C) groups is 1. The van der Waals surface area contributed by atoms with E-state index in [0.717, 1.165) is 52.6 Å². The maximum atomic E-state index is 6.22. The Morgan fingerprint density at radius 3 is 2.74 bits per heavy atom. The topological polar surface area (TPSA) is 180 Å². The molecule has 5 rings (SSSR count). The van der Waals surface area contributed by atoms with Crippen LogP contribution in [0.15, 0.2) is 47.7 Å². The quantitative estimate of drug-likeness (QED) is 0.0753. The Hall–Kier alpha value is -4.58. The normalized spacial score (nSPS) is 11.9. The number of methoxy groups -OCH3 is 1. The second-order valence-corrected chi connectivity index (χ2v) is 9.37. The Labute approximate surface area is 229 Å². The number of anilines is 3. The number of imidazole rings is 1. The van der Waals surface area contributed by atoms with Gasteiger partial charge in [0.2, 0.25) is 5.95 Å². The summed E-state index contributed by atoms with van der Waals surface area (Å²) in [6, 6.07) is 11.6. The highest BCUT2D eigenvalue weighted by atomic mass is 35.5. The number of aryl methyl sites for hydroxylation is 1. The molecule has 3 aromatic heterocycles. The fourth-order valence-electron chi connectivity index (χ4n) is 4.38. The predicted molar refractivity (Wildman–Crippen MR) is 157 cm³/mol. The lowest BCUT2D eigenvalue weighted by Crippen LogP contribution is -2.33. The van der Waals surface area contributed by atoms with Gasteiger partial charge in [0.1, 0.15) is 11.3 Å². The summed E-state index contributed by atoms with van der Waals surface area (Å²) >= 11 is 6.22. The number of fused-ring (bicyclic) bond motifs is 3. The number of rotatable bonds is 10. The number of nitrogens with two attached hydrogens (primary N) is 3. The molecule has 0 radical (unpaired) electrons. The maximum absolute atomic E-state index is 6.22. The van der Waals surface area contributed by atoms with Crippen molar-refractivity contribution >= 4 is 68.0 Å². The Morgan fingerprint density at radius 2 is 1.90 bits per heavy atom. The Morgan fingerprint density at radius 1 is 1.03 bits per heavy atom. The van der Waals surface area contributed by atoms with E-state index in [1.54, 1.807) is 13.4 Å². The van der Waals surface area contributed by atoms with Crippen molar-refractivity contribution in [3.63, 3.8) is 0 Å².